The number of halogens is 1. The van der Waals surface area contributed by atoms with Gasteiger partial charge in [0, 0.05) is 38.1 Å². The number of pyridine rings is 1. The normalized spacial score (nSPS) is 10.6. The first kappa shape index (κ1) is 22.7. The lowest BCUT2D eigenvalue weighted by molar-refractivity contribution is -0.115. The molecule has 4 aromatic rings. The largest absolute Gasteiger partial charge is 0.457 e. The number of anilines is 1. The first-order valence-corrected chi connectivity index (χ1v) is 10.4. The number of rotatable bonds is 7. The van der Waals surface area contributed by atoms with Crippen LogP contribution in [-0.4, -0.2) is 33.6 Å². The van der Waals surface area contributed by atoms with Gasteiger partial charge in [0.2, 0.25) is 5.91 Å². The van der Waals surface area contributed by atoms with Gasteiger partial charge >= 0.3 is 0 Å². The summed E-state index contributed by atoms with van der Waals surface area (Å²) in [5.74, 6) is -0.138. The summed E-state index contributed by atoms with van der Waals surface area (Å²) in [5, 5.41) is 9.46. The Hall–Kier alpha value is -4.53. The third-order valence-corrected chi connectivity index (χ3v) is 4.98. The van der Waals surface area contributed by atoms with Gasteiger partial charge in [0.15, 0.2) is 0 Å². The van der Waals surface area contributed by atoms with Crippen LogP contribution >= 0.6 is 0 Å². The molecule has 2 aromatic heterocycles. The van der Waals surface area contributed by atoms with Crippen molar-refractivity contribution in [1.82, 2.24) is 20.1 Å². The molecule has 0 aliphatic carbocycles. The lowest BCUT2D eigenvalue weighted by atomic mass is 10.1. The van der Waals surface area contributed by atoms with E-state index in [1.807, 2.05) is 13.2 Å². The number of hydrogen-bond acceptors (Lipinski definition) is 5. The van der Waals surface area contributed by atoms with Gasteiger partial charge in [-0.25, -0.2) is 4.39 Å². The first-order chi connectivity index (χ1) is 16.4. The first-order valence-electron chi connectivity index (χ1n) is 10.4. The van der Waals surface area contributed by atoms with Gasteiger partial charge in [-0.1, -0.05) is 12.1 Å². The number of aromatic nitrogens is 3. The van der Waals surface area contributed by atoms with Gasteiger partial charge in [0.1, 0.15) is 17.3 Å². The number of amides is 2. The number of hydrogen-bond donors (Lipinski definition) is 2. The van der Waals surface area contributed by atoms with Crippen molar-refractivity contribution in [1.29, 1.82) is 0 Å². The molecule has 8 nitrogen and oxygen atoms in total. The highest BCUT2D eigenvalue weighted by molar-refractivity contribution is 6.04. The van der Waals surface area contributed by atoms with E-state index in [1.165, 1.54) is 19.2 Å². The van der Waals surface area contributed by atoms with E-state index >= 15 is 0 Å². The van der Waals surface area contributed by atoms with Gasteiger partial charge in [0.25, 0.3) is 5.91 Å². The fourth-order valence-corrected chi connectivity index (χ4v) is 3.32. The molecule has 0 saturated heterocycles. The van der Waals surface area contributed by atoms with Crippen LogP contribution in [0.3, 0.4) is 0 Å². The quantitative estimate of drug-likeness (QED) is 0.436. The Bertz CT molecular complexity index is 1330. The van der Waals surface area contributed by atoms with E-state index < -0.39 is 0 Å². The van der Waals surface area contributed by atoms with Crippen molar-refractivity contribution in [3.63, 3.8) is 0 Å². The van der Waals surface area contributed by atoms with E-state index in [2.05, 4.69) is 20.7 Å². The minimum atomic E-state index is -0.381. The van der Waals surface area contributed by atoms with Crippen LogP contribution in [0.15, 0.2) is 73.2 Å². The van der Waals surface area contributed by atoms with Crippen LogP contribution in [0.2, 0.25) is 0 Å². The number of nitrogens with zero attached hydrogens (tertiary/aromatic N) is 3. The van der Waals surface area contributed by atoms with E-state index in [-0.39, 0.29) is 29.6 Å². The van der Waals surface area contributed by atoms with Gasteiger partial charge in [-0.2, -0.15) is 5.10 Å². The highest BCUT2D eigenvalue weighted by atomic mass is 19.1. The molecule has 34 heavy (non-hydrogen) atoms. The Kier molecular flexibility index (Phi) is 6.63. The third kappa shape index (κ3) is 5.44. The molecular formula is C25H22FN5O3. The fourth-order valence-electron chi connectivity index (χ4n) is 3.32. The SMILES string of the molecule is CNC(=O)c1cc(Oc2ccnc(-c3cnn(C)c3)c2)ccc1NC(=O)Cc1ccc(F)cc1. The van der Waals surface area contributed by atoms with Gasteiger partial charge < -0.3 is 15.4 Å². The summed E-state index contributed by atoms with van der Waals surface area (Å²) in [4.78, 5) is 29.3. The van der Waals surface area contributed by atoms with Crippen LogP contribution in [0.1, 0.15) is 15.9 Å². The maximum Gasteiger partial charge on any atom is 0.253 e. The molecule has 2 heterocycles. The smallest absolute Gasteiger partial charge is 0.253 e. The fraction of sp³-hybridized carbons (Fsp3) is 0.120. The van der Waals surface area contributed by atoms with Gasteiger partial charge in [-0.15, -0.1) is 0 Å². The predicted molar refractivity (Wildman–Crippen MR) is 125 cm³/mol. The zero-order valence-electron chi connectivity index (χ0n) is 18.6. The van der Waals surface area contributed by atoms with Crippen molar-refractivity contribution >= 4 is 17.5 Å². The molecular weight excluding hydrogens is 437 g/mol. The molecule has 172 valence electrons. The Morgan fingerprint density at radius 2 is 1.82 bits per heavy atom. The van der Waals surface area contributed by atoms with Crippen molar-refractivity contribution in [3.05, 3.63) is 90.1 Å². The molecule has 0 saturated carbocycles. The molecule has 0 radical (unpaired) electrons. The van der Waals surface area contributed by atoms with Gasteiger partial charge in [0.05, 0.1) is 29.6 Å². The molecule has 0 spiro atoms. The molecule has 2 N–H and O–H groups in total. The summed E-state index contributed by atoms with van der Waals surface area (Å²) in [6, 6.07) is 14.0. The standard InChI is InChI=1S/C25H22FN5O3/c1-27-25(33)21-12-19(34-20-9-10-28-23(13-20)17-14-29-31(2)15-17)7-8-22(21)30-24(32)11-16-3-5-18(26)6-4-16/h3-10,12-15H,11H2,1-2H3,(H,27,33)(H,30,32). The van der Waals surface area contributed by atoms with Crippen LogP contribution in [0.25, 0.3) is 11.3 Å². The van der Waals surface area contributed by atoms with Crippen molar-refractivity contribution in [2.24, 2.45) is 7.05 Å². The monoisotopic (exact) mass is 459 g/mol. The number of aryl methyl sites for hydroxylation is 1. The topological polar surface area (TPSA) is 98.1 Å². The summed E-state index contributed by atoms with van der Waals surface area (Å²) in [6.45, 7) is 0. The van der Waals surface area contributed by atoms with Crippen LogP contribution in [0.4, 0.5) is 10.1 Å². The van der Waals surface area contributed by atoms with Crippen LogP contribution in [0.5, 0.6) is 11.5 Å². The molecule has 2 amide bonds. The summed E-state index contributed by atoms with van der Waals surface area (Å²) in [7, 11) is 3.33. The molecule has 0 atom stereocenters. The van der Waals surface area contributed by atoms with Gasteiger partial charge in [-0.05, 0) is 42.0 Å². The molecule has 0 aliphatic heterocycles. The molecule has 0 unspecified atom stereocenters. The molecule has 0 aliphatic rings. The average molecular weight is 459 g/mol. The van der Waals surface area contributed by atoms with E-state index in [9.17, 15) is 14.0 Å². The van der Waals surface area contributed by atoms with E-state index in [0.29, 0.717) is 28.4 Å². The summed E-state index contributed by atoms with van der Waals surface area (Å²) < 4.78 is 20.7. The second-order valence-electron chi connectivity index (χ2n) is 7.52. The average Bonchev–Trinajstić information content (AvgIpc) is 3.27. The van der Waals surface area contributed by atoms with Crippen molar-refractivity contribution in [2.75, 3.05) is 12.4 Å². The zero-order valence-corrected chi connectivity index (χ0v) is 18.6. The molecule has 0 fully saturated rings. The number of ether oxygens (including phenoxy) is 1. The van der Waals surface area contributed by atoms with Gasteiger partial charge in [-0.3, -0.25) is 19.3 Å². The molecule has 2 aromatic carbocycles. The lowest BCUT2D eigenvalue weighted by Crippen LogP contribution is -2.22. The second kappa shape index (κ2) is 9.95. The van der Waals surface area contributed by atoms with Crippen LogP contribution in [0, 0.1) is 5.82 Å². The Labute approximate surface area is 195 Å². The second-order valence-corrected chi connectivity index (χ2v) is 7.52. The predicted octanol–water partition coefficient (Wildman–Crippen LogP) is 3.95. The lowest BCUT2D eigenvalue weighted by Gasteiger charge is -2.13. The highest BCUT2D eigenvalue weighted by Crippen LogP contribution is 2.29. The van der Waals surface area contributed by atoms with Crippen molar-refractivity contribution in [3.8, 4) is 22.8 Å². The molecule has 9 heteroatoms. The van der Waals surface area contributed by atoms with Crippen molar-refractivity contribution in [2.45, 2.75) is 6.42 Å². The number of carbonyl (C=O) groups excluding carboxylic acids is 2. The summed E-state index contributed by atoms with van der Waals surface area (Å²) in [6.07, 6.45) is 5.22. The number of nitrogens with one attached hydrogen (secondary N) is 2. The Morgan fingerprint density at radius 3 is 2.53 bits per heavy atom. The highest BCUT2D eigenvalue weighted by Gasteiger charge is 2.15. The Morgan fingerprint density at radius 1 is 1.06 bits per heavy atom. The number of carbonyl (C=O) groups is 2. The zero-order chi connectivity index (χ0) is 24.1. The van der Waals surface area contributed by atoms with E-state index in [1.54, 1.807) is 59.5 Å². The van der Waals surface area contributed by atoms with Crippen LogP contribution in [-0.2, 0) is 18.3 Å². The minimum Gasteiger partial charge on any atom is -0.457 e. The van der Waals surface area contributed by atoms with E-state index in [0.717, 1.165) is 5.56 Å². The third-order valence-electron chi connectivity index (χ3n) is 4.98. The molecule has 0 bridgehead atoms. The maximum atomic E-state index is 13.1. The van der Waals surface area contributed by atoms with Crippen molar-refractivity contribution < 1.29 is 18.7 Å². The minimum absolute atomic E-state index is 0.0415. The maximum absolute atomic E-state index is 13.1. The van der Waals surface area contributed by atoms with Crippen LogP contribution < -0.4 is 15.4 Å². The van der Waals surface area contributed by atoms with E-state index in [4.69, 9.17) is 4.74 Å². The number of benzene rings is 2. The summed E-state index contributed by atoms with van der Waals surface area (Å²) >= 11 is 0. The molecule has 4 rings (SSSR count). The summed E-state index contributed by atoms with van der Waals surface area (Å²) in [5.41, 5.74) is 2.78. The Balaban J connectivity index is 1.53.